The first kappa shape index (κ1) is 15.6. The van der Waals surface area contributed by atoms with Gasteiger partial charge in [0.25, 0.3) is 0 Å². The van der Waals surface area contributed by atoms with Crippen LogP contribution in [0.4, 0.5) is 0 Å². The van der Waals surface area contributed by atoms with Gasteiger partial charge in [-0.3, -0.25) is 0 Å². The minimum absolute atomic E-state index is 0.330. The normalized spacial score (nSPS) is 8.50. The first-order valence-electron chi connectivity index (χ1n) is 5.22. The molecule has 0 radical (unpaired) electrons. The van der Waals surface area contributed by atoms with Crippen LogP contribution in [0.25, 0.3) is 0 Å². The first-order valence-corrected chi connectivity index (χ1v) is 5.22. The Balaban J connectivity index is 0. The Morgan fingerprint density at radius 3 is 2.21 bits per heavy atom. The average Bonchev–Trinajstić information content (AvgIpc) is 2.20. The maximum absolute atomic E-state index is 10.3. The zero-order chi connectivity index (χ0) is 11.2. The van der Waals surface area contributed by atoms with Crippen LogP contribution >= 0.6 is 0 Å². The Labute approximate surface area is 87.5 Å². The summed E-state index contributed by atoms with van der Waals surface area (Å²) in [6.45, 7) is 12.2. The number of carbonyl (C=O) groups is 1. The molecule has 1 N–H and O–H groups in total. The van der Waals surface area contributed by atoms with Crippen molar-refractivity contribution in [3.8, 4) is 0 Å². The van der Waals surface area contributed by atoms with Crippen molar-refractivity contribution < 1.29 is 9.53 Å². The predicted molar refractivity (Wildman–Crippen MR) is 60.3 cm³/mol. The van der Waals surface area contributed by atoms with Gasteiger partial charge in [0, 0.05) is 6.08 Å². The molecule has 0 bridgehead atoms. The molecule has 3 nitrogen and oxygen atoms in total. The van der Waals surface area contributed by atoms with Crippen LogP contribution in [-0.4, -0.2) is 25.7 Å². The average molecular weight is 201 g/mol. The van der Waals surface area contributed by atoms with Crippen LogP contribution in [0.5, 0.6) is 0 Å². The molecule has 0 atom stereocenters. The molecule has 0 aromatic heterocycles. The summed E-state index contributed by atoms with van der Waals surface area (Å²) in [6, 6.07) is 0. The molecule has 0 aromatic carbocycles. The topological polar surface area (TPSA) is 38.3 Å². The molecule has 0 rings (SSSR count). The van der Waals surface area contributed by atoms with Crippen LogP contribution in [0.1, 0.15) is 33.6 Å². The zero-order valence-electron chi connectivity index (χ0n) is 9.64. The molecule has 84 valence electrons. The van der Waals surface area contributed by atoms with Gasteiger partial charge in [0.2, 0.25) is 0 Å². The van der Waals surface area contributed by atoms with Gasteiger partial charge in [-0.1, -0.05) is 33.8 Å². The molecule has 0 aliphatic heterocycles. The molecule has 14 heavy (non-hydrogen) atoms. The Morgan fingerprint density at radius 2 is 1.93 bits per heavy atom. The number of rotatable bonds is 6. The second-order valence-corrected chi connectivity index (χ2v) is 2.68. The summed E-state index contributed by atoms with van der Waals surface area (Å²) in [5, 5.41) is 3.11. The highest BCUT2D eigenvalue weighted by Gasteiger charge is 1.91. The molecule has 0 spiro atoms. The highest BCUT2D eigenvalue weighted by Crippen LogP contribution is 1.88. The molecule has 0 heterocycles. The van der Waals surface area contributed by atoms with Gasteiger partial charge < -0.3 is 10.1 Å². The minimum atomic E-state index is -0.330. The van der Waals surface area contributed by atoms with Crippen molar-refractivity contribution in [1.29, 1.82) is 0 Å². The molecule has 3 heteroatoms. The molecule has 0 unspecified atom stereocenters. The summed E-state index contributed by atoms with van der Waals surface area (Å²) in [4.78, 5) is 10.3. The van der Waals surface area contributed by atoms with Gasteiger partial charge in [-0.25, -0.2) is 4.79 Å². The van der Waals surface area contributed by atoms with Crippen LogP contribution in [0.15, 0.2) is 12.7 Å². The van der Waals surface area contributed by atoms with E-state index in [1.54, 1.807) is 0 Å². The summed E-state index contributed by atoms with van der Waals surface area (Å²) in [7, 11) is 0. The van der Waals surface area contributed by atoms with E-state index in [4.69, 9.17) is 0 Å². The lowest BCUT2D eigenvalue weighted by Crippen LogP contribution is -2.09. The van der Waals surface area contributed by atoms with E-state index in [0.29, 0.717) is 6.61 Å². The van der Waals surface area contributed by atoms with E-state index in [-0.39, 0.29) is 5.97 Å². The van der Waals surface area contributed by atoms with Gasteiger partial charge in [0.1, 0.15) is 0 Å². The number of ether oxygens (including phenoxy) is 1. The third kappa shape index (κ3) is 17.3. The number of hydrogen-bond donors (Lipinski definition) is 1. The molecule has 0 saturated heterocycles. The van der Waals surface area contributed by atoms with Crippen molar-refractivity contribution in [1.82, 2.24) is 5.32 Å². The monoisotopic (exact) mass is 201 g/mol. The summed E-state index contributed by atoms with van der Waals surface area (Å²) in [5.41, 5.74) is 0. The first-order chi connectivity index (χ1) is 6.72. The largest absolute Gasteiger partial charge is 0.463 e. The number of nitrogens with one attached hydrogen (secondary N) is 1. The number of hydrogen-bond acceptors (Lipinski definition) is 3. The molecule has 0 amide bonds. The smallest absolute Gasteiger partial charge is 0.330 e. The highest BCUT2D eigenvalue weighted by atomic mass is 16.5. The summed E-state index contributed by atoms with van der Waals surface area (Å²) in [5.74, 6) is -0.330. The Bertz CT molecular complexity index is 133. The fourth-order valence-electron chi connectivity index (χ4n) is 0.626. The Kier molecular flexibility index (Phi) is 16.4. The lowest BCUT2D eigenvalue weighted by molar-refractivity contribution is -0.137. The van der Waals surface area contributed by atoms with Crippen molar-refractivity contribution in [2.24, 2.45) is 0 Å². The SMILES string of the molecule is C=CC(=O)OCCCC.CCNCC. The summed E-state index contributed by atoms with van der Waals surface area (Å²) < 4.78 is 4.67. The molecule has 0 aliphatic rings. The van der Waals surface area contributed by atoms with E-state index >= 15 is 0 Å². The van der Waals surface area contributed by atoms with E-state index in [2.05, 4.69) is 30.5 Å². The lowest BCUT2D eigenvalue weighted by atomic mass is 10.4. The fourth-order valence-corrected chi connectivity index (χ4v) is 0.626. The van der Waals surface area contributed by atoms with E-state index in [0.717, 1.165) is 25.9 Å². The molecular weight excluding hydrogens is 178 g/mol. The standard InChI is InChI=1S/C7H12O2.C4H11N/c1-3-5-6-9-7(8)4-2;1-3-5-4-2/h4H,2-3,5-6H2,1H3;5H,3-4H2,1-2H3. The minimum Gasteiger partial charge on any atom is -0.463 e. The second-order valence-electron chi connectivity index (χ2n) is 2.68. The van der Waals surface area contributed by atoms with Gasteiger partial charge in [-0.2, -0.15) is 0 Å². The predicted octanol–water partition coefficient (Wildman–Crippen LogP) is 2.13. The van der Waals surface area contributed by atoms with Crippen LogP contribution in [0.3, 0.4) is 0 Å². The Hall–Kier alpha value is -0.830. The lowest BCUT2D eigenvalue weighted by Gasteiger charge is -1.97. The van der Waals surface area contributed by atoms with Gasteiger partial charge in [0.05, 0.1) is 6.61 Å². The van der Waals surface area contributed by atoms with Crippen molar-refractivity contribution in [2.45, 2.75) is 33.6 Å². The molecule has 0 fully saturated rings. The van der Waals surface area contributed by atoms with Gasteiger partial charge in [-0.05, 0) is 19.5 Å². The molecular formula is C11H23NO2. The Morgan fingerprint density at radius 1 is 1.36 bits per heavy atom. The third-order valence-corrected chi connectivity index (χ3v) is 1.41. The fraction of sp³-hybridized carbons (Fsp3) is 0.727. The van der Waals surface area contributed by atoms with Crippen molar-refractivity contribution in [3.63, 3.8) is 0 Å². The van der Waals surface area contributed by atoms with Crippen molar-refractivity contribution >= 4 is 5.97 Å². The van der Waals surface area contributed by atoms with Gasteiger partial charge in [0.15, 0.2) is 0 Å². The van der Waals surface area contributed by atoms with Crippen LogP contribution < -0.4 is 5.32 Å². The van der Waals surface area contributed by atoms with E-state index < -0.39 is 0 Å². The maximum Gasteiger partial charge on any atom is 0.330 e. The van der Waals surface area contributed by atoms with Crippen LogP contribution in [0, 0.1) is 0 Å². The number of esters is 1. The molecule has 0 saturated carbocycles. The maximum atomic E-state index is 10.3. The van der Waals surface area contributed by atoms with E-state index in [1.807, 2.05) is 6.92 Å². The summed E-state index contributed by atoms with van der Waals surface area (Å²) >= 11 is 0. The van der Waals surface area contributed by atoms with Crippen molar-refractivity contribution in [2.75, 3.05) is 19.7 Å². The molecule has 0 aliphatic carbocycles. The van der Waals surface area contributed by atoms with Gasteiger partial charge >= 0.3 is 5.97 Å². The van der Waals surface area contributed by atoms with Gasteiger partial charge in [-0.15, -0.1) is 0 Å². The number of unbranched alkanes of at least 4 members (excludes halogenated alkanes) is 1. The van der Waals surface area contributed by atoms with Crippen LogP contribution in [0.2, 0.25) is 0 Å². The van der Waals surface area contributed by atoms with Crippen molar-refractivity contribution in [3.05, 3.63) is 12.7 Å². The van der Waals surface area contributed by atoms with E-state index in [9.17, 15) is 4.79 Å². The van der Waals surface area contributed by atoms with Crippen LogP contribution in [-0.2, 0) is 9.53 Å². The number of carbonyl (C=O) groups excluding carboxylic acids is 1. The highest BCUT2D eigenvalue weighted by molar-refractivity contribution is 5.81. The summed E-state index contributed by atoms with van der Waals surface area (Å²) in [6.07, 6.45) is 3.15. The zero-order valence-corrected chi connectivity index (χ0v) is 9.64. The third-order valence-electron chi connectivity index (χ3n) is 1.41. The quantitative estimate of drug-likeness (QED) is 0.406. The second kappa shape index (κ2) is 14.7. The van der Waals surface area contributed by atoms with E-state index in [1.165, 1.54) is 6.08 Å². The molecule has 0 aromatic rings.